The first kappa shape index (κ1) is 33.0. The van der Waals surface area contributed by atoms with Crippen molar-refractivity contribution in [3.8, 4) is 22.3 Å². The van der Waals surface area contributed by atoms with Crippen molar-refractivity contribution < 1.29 is 18.9 Å². The molecule has 2 heterocycles. The van der Waals surface area contributed by atoms with Crippen molar-refractivity contribution in [2.45, 2.75) is 112 Å². The Balaban J connectivity index is 0.00000384. The third kappa shape index (κ3) is 5.10. The second-order valence-corrected chi connectivity index (χ2v) is 18.1. The summed E-state index contributed by atoms with van der Waals surface area (Å²) >= 11 is 0. The van der Waals surface area contributed by atoms with E-state index < -0.39 is 6.04 Å². The maximum atomic E-state index is 2.63. The minimum absolute atomic E-state index is 0. The molecule has 0 saturated carbocycles. The summed E-state index contributed by atoms with van der Waals surface area (Å²) in [5.74, 6) is 0. The van der Waals surface area contributed by atoms with E-state index >= 15 is 0 Å². The summed E-state index contributed by atoms with van der Waals surface area (Å²) in [5, 5.41) is 0. The molecule has 0 N–H and O–H groups in total. The number of hydrogen-bond donors (Lipinski definition) is 0. The van der Waals surface area contributed by atoms with Crippen LogP contribution in [-0.2, 0) is 21.7 Å². The quantitative estimate of drug-likeness (QED) is 0.268. The first-order valence-electron chi connectivity index (χ1n) is 16.5. The van der Waals surface area contributed by atoms with E-state index in [1.165, 1.54) is 55.4 Å². The van der Waals surface area contributed by atoms with Crippen molar-refractivity contribution in [1.82, 2.24) is 0 Å². The molecule has 2 aliphatic rings. The van der Waals surface area contributed by atoms with Gasteiger partial charge < -0.3 is 0 Å². The number of fused-ring (bicyclic) bond motifs is 6. The predicted octanol–water partition coefficient (Wildman–Crippen LogP) is 5.42. The van der Waals surface area contributed by atoms with Crippen molar-refractivity contribution in [3.05, 3.63) is 95.1 Å². The SMILES string of the molecule is C[B-]1(B2c3cc(C(C)(C)C)ccc3-c3ccc(C(C)(C)C)cc32)c2cc(C(C)(C)C)ccc2-c2ccc(C(C)(C)C)cc21.[Li+]. The van der Waals surface area contributed by atoms with Crippen LogP contribution in [0.15, 0.2) is 72.8 Å². The topological polar surface area (TPSA) is 0 Å². The molecular formula is C41H51B2Li. The fraction of sp³-hybridized carbons (Fsp3) is 0.415. The molecule has 222 valence electrons. The summed E-state index contributed by atoms with van der Waals surface area (Å²) in [6.45, 7) is 31.1. The average molecular weight is 572 g/mol. The molecule has 0 amide bonds. The van der Waals surface area contributed by atoms with Crippen LogP contribution in [0.2, 0.25) is 6.82 Å². The number of rotatable bonds is 1. The molecule has 0 atom stereocenters. The van der Waals surface area contributed by atoms with Gasteiger partial charge in [-0.25, -0.2) is 10.9 Å². The van der Waals surface area contributed by atoms with Crippen LogP contribution < -0.4 is 40.7 Å². The van der Waals surface area contributed by atoms with Gasteiger partial charge in [-0.05, 0) is 55.0 Å². The van der Waals surface area contributed by atoms with E-state index in [1.807, 2.05) is 0 Å². The van der Waals surface area contributed by atoms with E-state index in [0.29, 0.717) is 0 Å². The molecule has 0 nitrogen and oxygen atoms in total. The van der Waals surface area contributed by atoms with Crippen LogP contribution in [0.3, 0.4) is 0 Å². The van der Waals surface area contributed by atoms with Crippen molar-refractivity contribution in [1.29, 1.82) is 0 Å². The van der Waals surface area contributed by atoms with Crippen LogP contribution in [-0.4, -0.2) is 12.6 Å². The Morgan fingerprint density at radius 1 is 0.409 bits per heavy atom. The van der Waals surface area contributed by atoms with Crippen LogP contribution in [0, 0.1) is 0 Å². The Kier molecular flexibility index (Phi) is 7.73. The molecule has 0 aliphatic carbocycles. The molecule has 3 heteroatoms. The molecule has 0 radical (unpaired) electrons. The van der Waals surface area contributed by atoms with Crippen LogP contribution in [0.1, 0.15) is 105 Å². The zero-order valence-electron chi connectivity index (χ0n) is 30.1. The fourth-order valence-electron chi connectivity index (χ4n) is 8.02. The Morgan fingerprint density at radius 3 is 0.977 bits per heavy atom. The van der Waals surface area contributed by atoms with Gasteiger partial charge in [0.1, 0.15) is 0 Å². The second-order valence-electron chi connectivity index (χ2n) is 18.1. The minimum atomic E-state index is -1.19. The van der Waals surface area contributed by atoms with Gasteiger partial charge in [0.2, 0.25) is 0 Å². The molecule has 6 rings (SSSR count). The molecule has 0 bridgehead atoms. The molecule has 0 spiro atoms. The summed E-state index contributed by atoms with van der Waals surface area (Å²) in [4.78, 5) is 0. The number of hydrogen-bond acceptors (Lipinski definition) is 0. The molecule has 44 heavy (non-hydrogen) atoms. The van der Waals surface area contributed by atoms with Gasteiger partial charge in [-0.2, -0.15) is 6.82 Å². The molecule has 0 aromatic heterocycles. The molecular weight excluding hydrogens is 521 g/mol. The van der Waals surface area contributed by atoms with Crippen LogP contribution >= 0.6 is 0 Å². The third-order valence-electron chi connectivity index (χ3n) is 10.9. The van der Waals surface area contributed by atoms with Crippen molar-refractivity contribution in [2.75, 3.05) is 0 Å². The van der Waals surface area contributed by atoms with E-state index in [4.69, 9.17) is 0 Å². The Hall–Kier alpha value is -2.39. The predicted molar refractivity (Wildman–Crippen MR) is 194 cm³/mol. The van der Waals surface area contributed by atoms with Crippen molar-refractivity contribution in [2.24, 2.45) is 0 Å². The summed E-state index contributed by atoms with van der Waals surface area (Å²) in [7, 11) is 0. The molecule has 2 aliphatic heterocycles. The maximum Gasteiger partial charge on any atom is 1.00 e. The third-order valence-corrected chi connectivity index (χ3v) is 10.9. The number of benzene rings is 4. The summed E-state index contributed by atoms with van der Waals surface area (Å²) < 4.78 is 0. The largest absolute Gasteiger partial charge is 1.00 e. The fourth-order valence-corrected chi connectivity index (χ4v) is 8.02. The maximum absolute atomic E-state index is 2.63. The van der Waals surface area contributed by atoms with Gasteiger partial charge in [0.15, 0.2) is 0 Å². The van der Waals surface area contributed by atoms with Gasteiger partial charge in [0.25, 0.3) is 0 Å². The van der Waals surface area contributed by atoms with Gasteiger partial charge in [0, 0.05) is 6.04 Å². The minimum Gasteiger partial charge on any atom is -0.203 e. The smallest absolute Gasteiger partial charge is 0.203 e. The molecule has 4 aromatic rings. The Labute approximate surface area is 281 Å². The Morgan fingerprint density at radius 2 is 0.682 bits per heavy atom. The van der Waals surface area contributed by atoms with E-state index in [-0.39, 0.29) is 47.1 Å². The zero-order valence-corrected chi connectivity index (χ0v) is 30.1. The first-order chi connectivity index (χ1) is 19.7. The second kappa shape index (κ2) is 10.3. The zero-order chi connectivity index (χ0) is 31.5. The molecule has 0 saturated heterocycles. The van der Waals surface area contributed by atoms with E-state index in [1.54, 1.807) is 10.9 Å². The van der Waals surface area contributed by atoms with Crippen LogP contribution in [0.4, 0.5) is 0 Å². The molecule has 0 fully saturated rings. The van der Waals surface area contributed by atoms with Gasteiger partial charge in [-0.3, -0.25) is 0 Å². The van der Waals surface area contributed by atoms with Gasteiger partial charge >= 0.3 is 18.9 Å². The summed E-state index contributed by atoms with van der Waals surface area (Å²) in [6, 6.07) is 28.4. The van der Waals surface area contributed by atoms with E-state index in [0.717, 1.165) is 0 Å². The summed E-state index contributed by atoms with van der Waals surface area (Å²) in [5.41, 5.74) is 17.8. The normalized spacial score (nSPS) is 15.3. The Bertz CT molecular complexity index is 1640. The molecule has 4 aromatic carbocycles. The standard InChI is InChI=1S/C41H51B2.Li/c1-38(2,3)26-14-18-30-31-19-15-27(39(4,5)6)23-35(31)42(34(30)22-26)43(13)36-24-28(40(7,8)9)16-20-32(36)33-21-17-29(25-37(33)43)41(10,11)12;/h14-25H,1-13H3;/q-1;+1. The van der Waals surface area contributed by atoms with Gasteiger partial charge in [-0.1, -0.05) is 167 Å². The summed E-state index contributed by atoms with van der Waals surface area (Å²) in [6.07, 6.45) is 0. The van der Waals surface area contributed by atoms with Crippen LogP contribution in [0.5, 0.6) is 0 Å². The van der Waals surface area contributed by atoms with Crippen LogP contribution in [0.25, 0.3) is 22.3 Å². The van der Waals surface area contributed by atoms with E-state index in [9.17, 15) is 0 Å². The van der Waals surface area contributed by atoms with Crippen molar-refractivity contribution >= 4 is 34.5 Å². The molecule has 0 unspecified atom stereocenters. The average Bonchev–Trinajstić information content (AvgIpc) is 3.35. The first-order valence-corrected chi connectivity index (χ1v) is 16.5. The monoisotopic (exact) mass is 572 g/mol. The van der Waals surface area contributed by atoms with Gasteiger partial charge in [-0.15, -0.1) is 10.9 Å². The van der Waals surface area contributed by atoms with Crippen molar-refractivity contribution in [3.63, 3.8) is 0 Å². The van der Waals surface area contributed by atoms with E-state index in [2.05, 4.69) is 163 Å². The van der Waals surface area contributed by atoms with Gasteiger partial charge in [0.05, 0.1) is 6.60 Å².